The first-order chi connectivity index (χ1) is 12.3. The third-order valence-corrected chi connectivity index (χ3v) is 4.97. The fraction of sp³-hybridized carbons (Fsp3) is 0.895. The largest absolute Gasteiger partial charge is 0.444 e. The molecule has 0 bridgehead atoms. The van der Waals surface area contributed by atoms with Crippen LogP contribution in [0.15, 0.2) is 0 Å². The van der Waals surface area contributed by atoms with Crippen molar-refractivity contribution in [1.82, 2.24) is 15.5 Å². The predicted octanol–water partition coefficient (Wildman–Crippen LogP) is 3.53. The topological polar surface area (TPSA) is 79.9 Å². The molecule has 26 heavy (non-hydrogen) atoms. The van der Waals surface area contributed by atoms with Gasteiger partial charge in [-0.25, -0.2) is 9.59 Å². The first kappa shape index (κ1) is 24.5. The van der Waals surface area contributed by atoms with E-state index in [0.29, 0.717) is 19.5 Å². The van der Waals surface area contributed by atoms with Gasteiger partial charge in [-0.1, -0.05) is 33.6 Å². The lowest BCUT2D eigenvalue weighted by Gasteiger charge is -2.46. The lowest BCUT2D eigenvalue weighted by molar-refractivity contribution is -0.0831. The van der Waals surface area contributed by atoms with E-state index >= 15 is 0 Å². The zero-order chi connectivity index (χ0) is 20.2. The highest BCUT2D eigenvalue weighted by molar-refractivity contribution is 5.68. The van der Waals surface area contributed by atoms with Gasteiger partial charge >= 0.3 is 12.2 Å². The summed E-state index contributed by atoms with van der Waals surface area (Å²) in [5, 5.41) is 5.53. The maximum absolute atomic E-state index is 12.1. The second kappa shape index (κ2) is 12.8. The number of rotatable bonds is 12. The molecule has 7 nitrogen and oxygen atoms in total. The van der Waals surface area contributed by atoms with Gasteiger partial charge in [0.15, 0.2) is 0 Å². The molecule has 2 amide bonds. The highest BCUT2D eigenvalue weighted by Crippen LogP contribution is 2.30. The molecule has 0 aliphatic heterocycles. The van der Waals surface area contributed by atoms with Gasteiger partial charge in [0.25, 0.3) is 0 Å². The number of hydrogen-bond donors (Lipinski definition) is 2. The molecule has 7 heteroatoms. The monoisotopic (exact) mass is 373 g/mol. The summed E-state index contributed by atoms with van der Waals surface area (Å²) in [6, 6.07) is 0. The van der Waals surface area contributed by atoms with E-state index in [1.165, 1.54) is 0 Å². The van der Waals surface area contributed by atoms with Crippen molar-refractivity contribution in [2.45, 2.75) is 84.5 Å². The van der Waals surface area contributed by atoms with Crippen LogP contribution in [0.5, 0.6) is 0 Å². The number of unbranched alkanes of at least 4 members (excludes halogenated alkanes) is 2. The van der Waals surface area contributed by atoms with E-state index in [-0.39, 0.29) is 0 Å². The number of amides is 2. The van der Waals surface area contributed by atoms with Gasteiger partial charge in [0, 0.05) is 13.1 Å². The summed E-state index contributed by atoms with van der Waals surface area (Å²) in [6.45, 7) is 11.0. The van der Waals surface area contributed by atoms with Crippen LogP contribution in [0.25, 0.3) is 0 Å². The molecule has 0 aliphatic carbocycles. The Morgan fingerprint density at radius 1 is 0.885 bits per heavy atom. The number of carbonyl (C=O) groups excluding carboxylic acids is 2. The Bertz CT molecular complexity index is 386. The zero-order valence-corrected chi connectivity index (χ0v) is 17.7. The SMILES string of the molecule is CCCCNC(=O)OC(C)C(CC)(C(C)OC(=O)NCCCC)N(C)C. The van der Waals surface area contributed by atoms with Crippen LogP contribution >= 0.6 is 0 Å². The molecule has 0 aromatic heterocycles. The van der Waals surface area contributed by atoms with Crippen LogP contribution in [0.3, 0.4) is 0 Å². The minimum absolute atomic E-state index is 0.440. The summed E-state index contributed by atoms with van der Waals surface area (Å²) < 4.78 is 11.2. The van der Waals surface area contributed by atoms with Crippen LogP contribution in [0.2, 0.25) is 0 Å². The van der Waals surface area contributed by atoms with Gasteiger partial charge in [0.05, 0.1) is 5.54 Å². The van der Waals surface area contributed by atoms with Crippen molar-refractivity contribution in [3.05, 3.63) is 0 Å². The highest BCUT2D eigenvalue weighted by atomic mass is 16.6. The normalized spacial score (nSPS) is 15.7. The Kier molecular flexibility index (Phi) is 12.1. The zero-order valence-electron chi connectivity index (χ0n) is 17.7. The first-order valence-electron chi connectivity index (χ1n) is 9.82. The van der Waals surface area contributed by atoms with E-state index in [0.717, 1.165) is 25.7 Å². The number of likely N-dealkylation sites (N-methyl/N-ethyl adjacent to an activating group) is 1. The predicted molar refractivity (Wildman–Crippen MR) is 104 cm³/mol. The standard InChI is InChI=1S/C19H39N3O4/c1-8-11-13-20-17(23)25-15(4)19(10-3,22(6)7)16(5)26-18(24)21-14-12-9-2/h15-16H,8-14H2,1-7H3,(H,20,23)(H,21,24). The van der Waals surface area contributed by atoms with E-state index in [9.17, 15) is 9.59 Å². The van der Waals surface area contributed by atoms with Crippen molar-refractivity contribution < 1.29 is 19.1 Å². The Morgan fingerprint density at radius 3 is 1.54 bits per heavy atom. The van der Waals surface area contributed by atoms with Gasteiger partial charge in [-0.2, -0.15) is 0 Å². The lowest BCUT2D eigenvalue weighted by atomic mass is 9.83. The average Bonchev–Trinajstić information content (AvgIpc) is 2.56. The summed E-state index contributed by atoms with van der Waals surface area (Å²) in [5.74, 6) is 0. The number of carbonyl (C=O) groups is 2. The van der Waals surface area contributed by atoms with Gasteiger partial charge in [-0.3, -0.25) is 4.90 Å². The van der Waals surface area contributed by atoms with E-state index in [1.54, 1.807) is 0 Å². The first-order valence-corrected chi connectivity index (χ1v) is 9.82. The second-order valence-electron chi connectivity index (χ2n) is 6.89. The molecular formula is C19H39N3O4. The minimum atomic E-state index is -0.621. The molecule has 2 unspecified atom stereocenters. The number of nitrogens with zero attached hydrogens (tertiary/aromatic N) is 1. The lowest BCUT2D eigenvalue weighted by Crippen LogP contribution is -2.62. The van der Waals surface area contributed by atoms with Crippen LogP contribution in [-0.4, -0.2) is 62.0 Å². The Morgan fingerprint density at radius 2 is 1.27 bits per heavy atom. The van der Waals surface area contributed by atoms with Crippen LogP contribution in [0, 0.1) is 0 Å². The van der Waals surface area contributed by atoms with Crippen LogP contribution < -0.4 is 10.6 Å². The number of nitrogens with one attached hydrogen (secondary N) is 2. The van der Waals surface area contributed by atoms with Gasteiger partial charge in [0.2, 0.25) is 0 Å². The van der Waals surface area contributed by atoms with E-state index in [2.05, 4.69) is 24.5 Å². The molecule has 0 aliphatic rings. The van der Waals surface area contributed by atoms with E-state index in [4.69, 9.17) is 9.47 Å². The molecule has 0 aromatic rings. The summed E-state index contributed by atoms with van der Waals surface area (Å²) in [5.41, 5.74) is -0.621. The number of hydrogen-bond acceptors (Lipinski definition) is 5. The van der Waals surface area contributed by atoms with Crippen molar-refractivity contribution in [2.24, 2.45) is 0 Å². The van der Waals surface area contributed by atoms with Crippen LogP contribution in [0.1, 0.15) is 66.7 Å². The summed E-state index contributed by atoms with van der Waals surface area (Å²) in [6.07, 6.45) is 2.70. The Labute approximate surface area is 159 Å². The maximum atomic E-state index is 12.1. The number of alkyl carbamates (subject to hydrolysis) is 2. The molecule has 154 valence electrons. The maximum Gasteiger partial charge on any atom is 0.407 e. The fourth-order valence-electron chi connectivity index (χ4n) is 3.29. The summed E-state index contributed by atoms with van der Waals surface area (Å²) in [4.78, 5) is 26.1. The van der Waals surface area contributed by atoms with Crippen molar-refractivity contribution in [3.8, 4) is 0 Å². The van der Waals surface area contributed by atoms with Crippen molar-refractivity contribution in [2.75, 3.05) is 27.2 Å². The van der Waals surface area contributed by atoms with E-state index < -0.39 is 29.9 Å². The molecule has 2 atom stereocenters. The molecule has 0 aromatic carbocycles. The van der Waals surface area contributed by atoms with Gasteiger partial charge < -0.3 is 20.1 Å². The summed E-state index contributed by atoms with van der Waals surface area (Å²) >= 11 is 0. The molecule has 0 heterocycles. The van der Waals surface area contributed by atoms with Gasteiger partial charge in [-0.15, -0.1) is 0 Å². The molecule has 0 saturated heterocycles. The Hall–Kier alpha value is -1.50. The molecule has 2 N–H and O–H groups in total. The number of ether oxygens (including phenoxy) is 2. The van der Waals surface area contributed by atoms with Crippen molar-refractivity contribution in [3.63, 3.8) is 0 Å². The second-order valence-corrected chi connectivity index (χ2v) is 6.89. The van der Waals surface area contributed by atoms with Gasteiger partial charge in [-0.05, 0) is 47.2 Å². The third kappa shape index (κ3) is 7.40. The molecule has 0 radical (unpaired) electrons. The third-order valence-electron chi connectivity index (χ3n) is 4.97. The van der Waals surface area contributed by atoms with E-state index in [1.807, 2.05) is 39.8 Å². The highest BCUT2D eigenvalue weighted by Gasteiger charge is 2.46. The van der Waals surface area contributed by atoms with Crippen LogP contribution in [0.4, 0.5) is 9.59 Å². The molecule has 0 spiro atoms. The molecule has 0 rings (SSSR count). The molecule has 0 saturated carbocycles. The Balaban J connectivity index is 5.00. The van der Waals surface area contributed by atoms with Gasteiger partial charge in [0.1, 0.15) is 12.2 Å². The quantitative estimate of drug-likeness (QED) is 0.512. The van der Waals surface area contributed by atoms with Crippen LogP contribution in [-0.2, 0) is 9.47 Å². The smallest absolute Gasteiger partial charge is 0.407 e. The molecule has 0 fully saturated rings. The van der Waals surface area contributed by atoms with Crippen molar-refractivity contribution >= 4 is 12.2 Å². The fourth-order valence-corrected chi connectivity index (χ4v) is 3.29. The van der Waals surface area contributed by atoms with Crippen molar-refractivity contribution in [1.29, 1.82) is 0 Å². The average molecular weight is 374 g/mol. The summed E-state index contributed by atoms with van der Waals surface area (Å²) in [7, 11) is 3.82. The molecular weight excluding hydrogens is 334 g/mol. The minimum Gasteiger partial charge on any atom is -0.444 e.